The van der Waals surface area contributed by atoms with Gasteiger partial charge in [0.05, 0.1) is 4.92 Å². The molecule has 21 heavy (non-hydrogen) atoms. The van der Waals surface area contributed by atoms with Gasteiger partial charge in [-0.2, -0.15) is 0 Å². The molecule has 0 fully saturated rings. The fraction of sp³-hybridized carbons (Fsp3) is 0.267. The summed E-state index contributed by atoms with van der Waals surface area (Å²) >= 11 is 0. The standard InChI is InChI=1S/C15H17N3O3/c1-3-16-14-8-7-12(9-17-14)10-21-15-11(2)5-4-6-13(15)18(19)20/h4-9H,3,10H2,1-2H3,(H,16,17). The van der Waals surface area contributed by atoms with Gasteiger partial charge in [0.1, 0.15) is 12.4 Å². The Kier molecular flexibility index (Phi) is 4.71. The number of benzene rings is 1. The van der Waals surface area contributed by atoms with Crippen molar-refractivity contribution in [2.45, 2.75) is 20.5 Å². The van der Waals surface area contributed by atoms with Crippen LogP contribution >= 0.6 is 0 Å². The maximum Gasteiger partial charge on any atom is 0.311 e. The van der Waals surface area contributed by atoms with Crippen LogP contribution in [0.15, 0.2) is 36.5 Å². The number of aromatic nitrogens is 1. The Labute approximate surface area is 122 Å². The van der Waals surface area contributed by atoms with Gasteiger partial charge < -0.3 is 10.1 Å². The number of hydrogen-bond acceptors (Lipinski definition) is 5. The fourth-order valence-electron chi connectivity index (χ4n) is 1.92. The van der Waals surface area contributed by atoms with Crippen LogP contribution in [0.1, 0.15) is 18.1 Å². The maximum atomic E-state index is 11.0. The molecule has 0 aliphatic carbocycles. The number of pyridine rings is 1. The molecule has 0 aliphatic rings. The molecule has 0 aliphatic heterocycles. The van der Waals surface area contributed by atoms with E-state index in [-0.39, 0.29) is 12.3 Å². The van der Waals surface area contributed by atoms with E-state index >= 15 is 0 Å². The molecule has 0 saturated carbocycles. The molecule has 2 aromatic rings. The Bertz CT molecular complexity index is 627. The number of hydrogen-bond donors (Lipinski definition) is 1. The molecule has 0 saturated heterocycles. The van der Waals surface area contributed by atoms with E-state index in [4.69, 9.17) is 4.74 Å². The van der Waals surface area contributed by atoms with Crippen molar-refractivity contribution in [1.29, 1.82) is 0 Å². The predicted molar refractivity (Wildman–Crippen MR) is 80.6 cm³/mol. The third kappa shape index (κ3) is 3.68. The zero-order valence-corrected chi connectivity index (χ0v) is 12.0. The summed E-state index contributed by atoms with van der Waals surface area (Å²) in [5.74, 6) is 1.10. The van der Waals surface area contributed by atoms with Crippen molar-refractivity contribution in [1.82, 2.24) is 4.98 Å². The van der Waals surface area contributed by atoms with E-state index in [1.807, 2.05) is 19.1 Å². The third-order valence-corrected chi connectivity index (χ3v) is 2.95. The Morgan fingerprint density at radius 3 is 2.76 bits per heavy atom. The number of nitrogens with zero attached hydrogens (tertiary/aromatic N) is 2. The van der Waals surface area contributed by atoms with Crippen LogP contribution in [0.25, 0.3) is 0 Å². The Morgan fingerprint density at radius 2 is 2.14 bits per heavy atom. The molecule has 1 aromatic carbocycles. The summed E-state index contributed by atoms with van der Waals surface area (Å²) in [4.78, 5) is 14.8. The summed E-state index contributed by atoms with van der Waals surface area (Å²) in [5.41, 5.74) is 1.57. The fourth-order valence-corrected chi connectivity index (χ4v) is 1.92. The number of anilines is 1. The van der Waals surface area contributed by atoms with Crippen molar-refractivity contribution in [2.24, 2.45) is 0 Å². The van der Waals surface area contributed by atoms with E-state index in [9.17, 15) is 10.1 Å². The Hall–Kier alpha value is -2.63. The lowest BCUT2D eigenvalue weighted by atomic mass is 10.2. The van der Waals surface area contributed by atoms with Crippen molar-refractivity contribution in [3.63, 3.8) is 0 Å². The number of nitro benzene ring substituents is 1. The molecule has 0 unspecified atom stereocenters. The van der Waals surface area contributed by atoms with E-state index in [0.29, 0.717) is 5.75 Å². The number of ether oxygens (including phenoxy) is 1. The van der Waals surface area contributed by atoms with Crippen molar-refractivity contribution >= 4 is 11.5 Å². The van der Waals surface area contributed by atoms with Crippen LogP contribution in [-0.2, 0) is 6.61 Å². The molecular formula is C15H17N3O3. The highest BCUT2D eigenvalue weighted by Gasteiger charge is 2.16. The second-order valence-corrected chi connectivity index (χ2v) is 4.55. The maximum absolute atomic E-state index is 11.0. The first kappa shape index (κ1) is 14.8. The van der Waals surface area contributed by atoms with Crippen LogP contribution in [0.2, 0.25) is 0 Å². The molecule has 110 valence electrons. The topological polar surface area (TPSA) is 77.3 Å². The monoisotopic (exact) mass is 287 g/mol. The number of para-hydroxylation sites is 1. The van der Waals surface area contributed by atoms with Crippen molar-refractivity contribution in [2.75, 3.05) is 11.9 Å². The van der Waals surface area contributed by atoms with Gasteiger partial charge in [-0.05, 0) is 25.5 Å². The molecule has 6 nitrogen and oxygen atoms in total. The lowest BCUT2D eigenvalue weighted by molar-refractivity contribution is -0.386. The SMILES string of the molecule is CCNc1ccc(COc2c(C)cccc2[N+](=O)[O-])cn1. The van der Waals surface area contributed by atoms with E-state index in [2.05, 4.69) is 10.3 Å². The molecular weight excluding hydrogens is 270 g/mol. The molecule has 1 heterocycles. The summed E-state index contributed by atoms with van der Waals surface area (Å²) in [6.45, 7) is 4.83. The van der Waals surface area contributed by atoms with Gasteiger partial charge in [-0.25, -0.2) is 4.98 Å². The highest BCUT2D eigenvalue weighted by atomic mass is 16.6. The second-order valence-electron chi connectivity index (χ2n) is 4.55. The van der Waals surface area contributed by atoms with Crippen molar-refractivity contribution in [3.8, 4) is 5.75 Å². The smallest absolute Gasteiger partial charge is 0.311 e. The summed E-state index contributed by atoms with van der Waals surface area (Å²) in [5, 5.41) is 14.1. The minimum absolute atomic E-state index is 0.0211. The summed E-state index contributed by atoms with van der Waals surface area (Å²) in [7, 11) is 0. The highest BCUT2D eigenvalue weighted by molar-refractivity contribution is 5.51. The molecule has 0 radical (unpaired) electrons. The van der Waals surface area contributed by atoms with Crippen LogP contribution in [0.5, 0.6) is 5.75 Å². The first-order valence-electron chi connectivity index (χ1n) is 6.67. The lowest BCUT2D eigenvalue weighted by Gasteiger charge is -2.09. The highest BCUT2D eigenvalue weighted by Crippen LogP contribution is 2.30. The van der Waals surface area contributed by atoms with E-state index in [1.165, 1.54) is 6.07 Å². The third-order valence-electron chi connectivity index (χ3n) is 2.95. The van der Waals surface area contributed by atoms with Crippen molar-refractivity contribution in [3.05, 3.63) is 57.8 Å². The minimum Gasteiger partial charge on any atom is -0.482 e. The van der Waals surface area contributed by atoms with Crippen LogP contribution in [0, 0.1) is 17.0 Å². The zero-order chi connectivity index (χ0) is 15.2. The van der Waals surface area contributed by atoms with Gasteiger partial charge in [0, 0.05) is 24.4 Å². The molecule has 0 bridgehead atoms. The molecule has 1 aromatic heterocycles. The lowest BCUT2D eigenvalue weighted by Crippen LogP contribution is -2.03. The minimum atomic E-state index is -0.436. The Morgan fingerprint density at radius 1 is 1.33 bits per heavy atom. The molecule has 0 amide bonds. The van der Waals surface area contributed by atoms with Gasteiger partial charge >= 0.3 is 5.69 Å². The first-order chi connectivity index (χ1) is 10.1. The van der Waals surface area contributed by atoms with Crippen molar-refractivity contribution < 1.29 is 9.66 Å². The summed E-state index contributed by atoms with van der Waals surface area (Å²) in [6.07, 6.45) is 1.70. The van der Waals surface area contributed by atoms with Crippen LogP contribution in [-0.4, -0.2) is 16.5 Å². The number of nitrogens with one attached hydrogen (secondary N) is 1. The molecule has 6 heteroatoms. The predicted octanol–water partition coefficient (Wildman–Crippen LogP) is 3.31. The average Bonchev–Trinajstić information content (AvgIpc) is 2.47. The largest absolute Gasteiger partial charge is 0.482 e. The van der Waals surface area contributed by atoms with Gasteiger partial charge in [-0.3, -0.25) is 10.1 Å². The van der Waals surface area contributed by atoms with Gasteiger partial charge in [-0.15, -0.1) is 0 Å². The van der Waals surface area contributed by atoms with Crippen LogP contribution in [0.3, 0.4) is 0 Å². The molecule has 1 N–H and O–H groups in total. The summed E-state index contributed by atoms with van der Waals surface area (Å²) in [6, 6.07) is 8.61. The summed E-state index contributed by atoms with van der Waals surface area (Å²) < 4.78 is 5.61. The van der Waals surface area contributed by atoms with Gasteiger partial charge in [0.2, 0.25) is 0 Å². The quantitative estimate of drug-likeness (QED) is 0.651. The van der Waals surface area contributed by atoms with Crippen LogP contribution in [0.4, 0.5) is 11.5 Å². The number of nitro groups is 1. The number of aryl methyl sites for hydroxylation is 1. The second kappa shape index (κ2) is 6.69. The zero-order valence-electron chi connectivity index (χ0n) is 12.0. The van der Waals surface area contributed by atoms with Gasteiger partial charge in [0.15, 0.2) is 5.75 Å². The first-order valence-corrected chi connectivity index (χ1v) is 6.67. The Balaban J connectivity index is 2.11. The van der Waals surface area contributed by atoms with E-state index in [0.717, 1.165) is 23.5 Å². The van der Waals surface area contributed by atoms with Gasteiger partial charge in [-0.1, -0.05) is 18.2 Å². The molecule has 0 atom stereocenters. The normalized spacial score (nSPS) is 10.2. The average molecular weight is 287 g/mol. The molecule has 0 spiro atoms. The van der Waals surface area contributed by atoms with Gasteiger partial charge in [0.25, 0.3) is 0 Å². The number of rotatable bonds is 6. The van der Waals surface area contributed by atoms with Crippen LogP contribution < -0.4 is 10.1 Å². The molecule has 2 rings (SSSR count). The van der Waals surface area contributed by atoms with E-state index in [1.54, 1.807) is 25.3 Å². The van der Waals surface area contributed by atoms with E-state index < -0.39 is 4.92 Å².